The molecule has 1 heterocycles. The molecule has 104 valence electrons. The number of nitrogens with one attached hydrogen (secondary N) is 1. The van der Waals surface area contributed by atoms with E-state index in [-0.39, 0.29) is 11.9 Å². The Morgan fingerprint density at radius 2 is 1.90 bits per heavy atom. The van der Waals surface area contributed by atoms with Gasteiger partial charge in [-0.25, -0.2) is 4.39 Å². The van der Waals surface area contributed by atoms with Crippen LogP contribution in [0.15, 0.2) is 42.5 Å². The van der Waals surface area contributed by atoms with Crippen molar-refractivity contribution in [2.45, 2.75) is 25.5 Å². The van der Waals surface area contributed by atoms with Crippen molar-refractivity contribution < 1.29 is 9.13 Å². The molecule has 2 nitrogen and oxygen atoms in total. The number of benzene rings is 2. The summed E-state index contributed by atoms with van der Waals surface area (Å²) in [5, 5.41) is 3.56. The fourth-order valence-corrected chi connectivity index (χ4v) is 2.78. The van der Waals surface area contributed by atoms with Gasteiger partial charge in [0, 0.05) is 5.56 Å². The van der Waals surface area contributed by atoms with Crippen molar-refractivity contribution in [2.24, 2.45) is 0 Å². The van der Waals surface area contributed by atoms with Crippen molar-refractivity contribution in [1.29, 1.82) is 0 Å². The van der Waals surface area contributed by atoms with E-state index in [1.807, 2.05) is 38.1 Å². The first-order valence-electron chi connectivity index (χ1n) is 6.47. The van der Waals surface area contributed by atoms with Crippen LogP contribution in [0.3, 0.4) is 0 Å². The van der Waals surface area contributed by atoms with Crippen molar-refractivity contribution in [3.63, 3.8) is 0 Å². The highest BCUT2D eigenvalue weighted by atomic mass is 35.5. The predicted octanol–water partition coefficient (Wildman–Crippen LogP) is 4.80. The molecular formula is C16H15ClFNO. The fourth-order valence-electron chi connectivity index (χ4n) is 2.56. The lowest BCUT2D eigenvalue weighted by Gasteiger charge is -2.28. The number of fused-ring (bicyclic) bond motifs is 1. The van der Waals surface area contributed by atoms with Crippen molar-refractivity contribution in [3.05, 3.63) is 58.9 Å². The average Bonchev–Trinajstić information content (AvgIpc) is 2.64. The summed E-state index contributed by atoms with van der Waals surface area (Å²) in [6, 6.07) is 12.3. The molecule has 3 rings (SSSR count). The number of hydrogen-bond acceptors (Lipinski definition) is 2. The van der Waals surface area contributed by atoms with E-state index in [2.05, 4.69) is 5.32 Å². The van der Waals surface area contributed by atoms with Crippen LogP contribution in [0.5, 0.6) is 5.75 Å². The van der Waals surface area contributed by atoms with Gasteiger partial charge in [-0.1, -0.05) is 35.9 Å². The van der Waals surface area contributed by atoms with Gasteiger partial charge in [0.2, 0.25) is 0 Å². The molecule has 0 fully saturated rings. The topological polar surface area (TPSA) is 21.3 Å². The van der Waals surface area contributed by atoms with Crippen molar-refractivity contribution in [2.75, 3.05) is 5.32 Å². The zero-order chi connectivity index (χ0) is 14.3. The first kappa shape index (κ1) is 13.3. The number of para-hydroxylation sites is 2. The maximum absolute atomic E-state index is 13.9. The molecule has 2 aromatic carbocycles. The molecule has 0 bridgehead atoms. The number of hydrogen-bond donors (Lipinski definition) is 1. The van der Waals surface area contributed by atoms with Crippen LogP contribution >= 0.6 is 11.6 Å². The zero-order valence-electron chi connectivity index (χ0n) is 11.3. The SMILES string of the molecule is CC1(C)Oc2ccccc2C1Nc1c(F)cccc1Cl. The van der Waals surface area contributed by atoms with Gasteiger partial charge in [-0.3, -0.25) is 0 Å². The molecule has 0 amide bonds. The molecule has 1 N–H and O–H groups in total. The van der Waals surface area contributed by atoms with Gasteiger partial charge >= 0.3 is 0 Å². The lowest BCUT2D eigenvalue weighted by Crippen LogP contribution is -2.35. The second kappa shape index (κ2) is 4.67. The van der Waals surface area contributed by atoms with E-state index < -0.39 is 5.60 Å². The standard InChI is InChI=1S/C16H15ClFNO/c1-16(2)15(10-6-3-4-9-13(10)20-16)19-14-11(17)7-5-8-12(14)18/h3-9,15,19H,1-2H3. The molecule has 0 saturated carbocycles. The van der Waals surface area contributed by atoms with E-state index >= 15 is 0 Å². The Kier molecular flexibility index (Phi) is 3.09. The fraction of sp³-hybridized carbons (Fsp3) is 0.250. The van der Waals surface area contributed by atoms with Crippen molar-refractivity contribution in [1.82, 2.24) is 0 Å². The minimum Gasteiger partial charge on any atom is -0.485 e. The second-order valence-corrected chi connectivity index (χ2v) is 5.82. The molecule has 0 aliphatic carbocycles. The van der Waals surface area contributed by atoms with Gasteiger partial charge in [-0.2, -0.15) is 0 Å². The third kappa shape index (κ3) is 2.12. The largest absolute Gasteiger partial charge is 0.485 e. The highest BCUT2D eigenvalue weighted by molar-refractivity contribution is 6.33. The van der Waals surface area contributed by atoms with E-state index in [0.29, 0.717) is 10.7 Å². The van der Waals surface area contributed by atoms with Crippen LogP contribution < -0.4 is 10.1 Å². The molecule has 1 aliphatic rings. The molecule has 1 atom stereocenters. The maximum Gasteiger partial charge on any atom is 0.147 e. The molecule has 0 saturated heterocycles. The third-order valence-electron chi connectivity index (χ3n) is 3.55. The highest BCUT2D eigenvalue weighted by Gasteiger charge is 2.41. The maximum atomic E-state index is 13.9. The van der Waals surface area contributed by atoms with Gasteiger partial charge in [0.25, 0.3) is 0 Å². The number of halogens is 2. The van der Waals surface area contributed by atoms with E-state index in [1.54, 1.807) is 12.1 Å². The Morgan fingerprint density at radius 1 is 1.15 bits per heavy atom. The Hall–Kier alpha value is -1.74. The zero-order valence-corrected chi connectivity index (χ0v) is 12.0. The van der Waals surface area contributed by atoms with Gasteiger partial charge < -0.3 is 10.1 Å². The number of rotatable bonds is 2. The summed E-state index contributed by atoms with van der Waals surface area (Å²) in [5.41, 5.74) is 0.847. The normalized spacial score (nSPS) is 19.3. The van der Waals surface area contributed by atoms with Crippen LogP contribution in [-0.4, -0.2) is 5.60 Å². The molecule has 0 aromatic heterocycles. The van der Waals surface area contributed by atoms with Gasteiger partial charge in [0.1, 0.15) is 17.2 Å². The van der Waals surface area contributed by atoms with Crippen molar-refractivity contribution >= 4 is 17.3 Å². The van der Waals surface area contributed by atoms with E-state index in [1.165, 1.54) is 6.07 Å². The lowest BCUT2D eigenvalue weighted by molar-refractivity contribution is 0.118. The Balaban J connectivity index is 2.02. The first-order valence-corrected chi connectivity index (χ1v) is 6.85. The highest BCUT2D eigenvalue weighted by Crippen LogP contribution is 2.45. The Labute approximate surface area is 122 Å². The summed E-state index contributed by atoms with van der Waals surface area (Å²) in [7, 11) is 0. The summed E-state index contributed by atoms with van der Waals surface area (Å²) in [6.07, 6.45) is 0. The third-order valence-corrected chi connectivity index (χ3v) is 3.86. The molecule has 2 aromatic rings. The van der Waals surface area contributed by atoms with Gasteiger partial charge in [0.05, 0.1) is 16.8 Å². The van der Waals surface area contributed by atoms with Crippen LogP contribution in [0.2, 0.25) is 5.02 Å². The second-order valence-electron chi connectivity index (χ2n) is 5.42. The summed E-state index contributed by atoms with van der Waals surface area (Å²) < 4.78 is 19.9. The minimum absolute atomic E-state index is 0.159. The van der Waals surface area contributed by atoms with Crippen LogP contribution in [-0.2, 0) is 0 Å². The summed E-state index contributed by atoms with van der Waals surface area (Å²) in [5.74, 6) is 0.458. The van der Waals surface area contributed by atoms with Gasteiger partial charge in [-0.05, 0) is 32.0 Å². The van der Waals surface area contributed by atoms with Crippen molar-refractivity contribution in [3.8, 4) is 5.75 Å². The molecule has 1 aliphatic heterocycles. The van der Waals surface area contributed by atoms with Gasteiger partial charge in [-0.15, -0.1) is 0 Å². The molecule has 0 spiro atoms. The molecular weight excluding hydrogens is 277 g/mol. The lowest BCUT2D eigenvalue weighted by atomic mass is 9.94. The Morgan fingerprint density at radius 3 is 2.65 bits per heavy atom. The van der Waals surface area contributed by atoms with Crippen LogP contribution in [0, 0.1) is 5.82 Å². The molecule has 4 heteroatoms. The minimum atomic E-state index is -0.477. The quantitative estimate of drug-likeness (QED) is 0.858. The first-order chi connectivity index (χ1) is 9.49. The Bertz CT molecular complexity index is 636. The van der Waals surface area contributed by atoms with E-state index in [9.17, 15) is 4.39 Å². The van der Waals surface area contributed by atoms with E-state index in [4.69, 9.17) is 16.3 Å². The number of ether oxygens (including phenoxy) is 1. The monoisotopic (exact) mass is 291 g/mol. The number of anilines is 1. The summed E-state index contributed by atoms with van der Waals surface area (Å²) in [6.45, 7) is 3.94. The van der Waals surface area contributed by atoms with Crippen LogP contribution in [0.4, 0.5) is 10.1 Å². The van der Waals surface area contributed by atoms with Gasteiger partial charge in [0.15, 0.2) is 0 Å². The average molecular weight is 292 g/mol. The molecule has 1 unspecified atom stereocenters. The van der Waals surface area contributed by atoms with E-state index in [0.717, 1.165) is 11.3 Å². The van der Waals surface area contributed by atoms with Crippen LogP contribution in [0.25, 0.3) is 0 Å². The smallest absolute Gasteiger partial charge is 0.147 e. The molecule has 20 heavy (non-hydrogen) atoms. The summed E-state index contributed by atoms with van der Waals surface area (Å²) >= 11 is 6.08. The predicted molar refractivity (Wildman–Crippen MR) is 78.9 cm³/mol. The van der Waals surface area contributed by atoms with Crippen LogP contribution in [0.1, 0.15) is 25.5 Å². The summed E-state index contributed by atoms with van der Waals surface area (Å²) in [4.78, 5) is 0. The molecule has 0 radical (unpaired) electrons.